The maximum atomic E-state index is 13.7. The predicted octanol–water partition coefficient (Wildman–Crippen LogP) is 5.49. The molecule has 4 atom stereocenters. The first-order valence-corrected chi connectivity index (χ1v) is 18.8. The maximum absolute atomic E-state index is 13.7. The number of methoxy groups -OCH3 is 2. The first-order chi connectivity index (χ1) is 25.7. The number of nitrogens with zero attached hydrogens (tertiary/aromatic N) is 1. The molecule has 0 aromatic heterocycles. The highest BCUT2D eigenvalue weighted by atomic mass is 16.8. The number of ether oxygens (including phenoxy) is 9. The van der Waals surface area contributed by atoms with E-state index in [1.54, 1.807) is 28.1 Å². The Morgan fingerprint density at radius 3 is 2.31 bits per heavy atom. The Morgan fingerprint density at radius 1 is 0.963 bits per heavy atom. The van der Waals surface area contributed by atoms with Gasteiger partial charge in [0.05, 0.1) is 39.1 Å². The van der Waals surface area contributed by atoms with Gasteiger partial charge in [-0.05, 0) is 61.1 Å². The number of hydrogen-bond acceptors (Lipinski definition) is 13. The van der Waals surface area contributed by atoms with Crippen LogP contribution in [0.15, 0.2) is 18.2 Å². The van der Waals surface area contributed by atoms with Crippen LogP contribution in [-0.4, -0.2) is 108 Å². The first-order valence-electron chi connectivity index (χ1n) is 18.8. The Balaban J connectivity index is 1.80. The van der Waals surface area contributed by atoms with Crippen molar-refractivity contribution in [2.45, 2.75) is 98.3 Å². The van der Waals surface area contributed by atoms with Crippen molar-refractivity contribution in [1.82, 2.24) is 4.90 Å². The van der Waals surface area contributed by atoms with Gasteiger partial charge in [0, 0.05) is 37.9 Å². The van der Waals surface area contributed by atoms with Crippen molar-refractivity contribution < 1.29 is 61.8 Å². The number of carbonyl (C=O) groups excluding carboxylic acids is 4. The fourth-order valence-corrected chi connectivity index (χ4v) is 6.51. The molecule has 0 bridgehead atoms. The molecular formula is C39H62N2O13. The fraction of sp³-hybridized carbons (Fsp3) is 0.744. The molecule has 2 aliphatic rings. The van der Waals surface area contributed by atoms with Gasteiger partial charge in [-0.3, -0.25) is 14.5 Å². The minimum Gasteiger partial charge on any atom is -0.493 e. The molecule has 54 heavy (non-hydrogen) atoms. The van der Waals surface area contributed by atoms with Gasteiger partial charge in [0.15, 0.2) is 17.6 Å². The maximum Gasteiger partial charge on any atom is 0.511 e. The van der Waals surface area contributed by atoms with Crippen molar-refractivity contribution in [3.63, 3.8) is 0 Å². The highest BCUT2D eigenvalue weighted by Gasteiger charge is 2.43. The van der Waals surface area contributed by atoms with Gasteiger partial charge in [-0.25, -0.2) is 9.59 Å². The Morgan fingerprint density at radius 2 is 1.69 bits per heavy atom. The summed E-state index contributed by atoms with van der Waals surface area (Å²) in [4.78, 5) is 52.9. The van der Waals surface area contributed by atoms with Crippen molar-refractivity contribution in [3.8, 4) is 11.5 Å². The highest BCUT2D eigenvalue weighted by Crippen LogP contribution is 2.36. The Bertz CT molecular complexity index is 1350. The number of hydrogen-bond donors (Lipinski definition) is 1. The van der Waals surface area contributed by atoms with E-state index in [1.807, 2.05) is 32.0 Å². The van der Waals surface area contributed by atoms with Crippen LogP contribution in [0.2, 0.25) is 0 Å². The zero-order chi connectivity index (χ0) is 39.8. The lowest BCUT2D eigenvalue weighted by Crippen LogP contribution is -2.43. The molecule has 2 amide bonds. The standard InChI is InChI=1S/C39H62N2O13/c1-25(2)28(16-27-10-11-33(47-8)35(17-27)50-15-9-14-46-7)18-31-34(19-30(26(3)4)32(42)12-13-39(5,6)36(40)43)51-22-41(31)37(44)52-24-53-38(45)54-29-20-48-23-49-21-29/h10-11,17,25-26,28-31,34H,9,12-16,18-24H2,1-8H3,(H2,40,43)/t28-,30-,31-,34-/m0/s1. The van der Waals surface area contributed by atoms with Gasteiger partial charge in [-0.2, -0.15) is 0 Å². The molecule has 306 valence electrons. The summed E-state index contributed by atoms with van der Waals surface area (Å²) >= 11 is 0. The zero-order valence-corrected chi connectivity index (χ0v) is 33.3. The Labute approximate surface area is 319 Å². The van der Waals surface area contributed by atoms with Crippen molar-refractivity contribution in [1.29, 1.82) is 0 Å². The largest absolute Gasteiger partial charge is 0.511 e. The van der Waals surface area contributed by atoms with Gasteiger partial charge >= 0.3 is 12.2 Å². The average molecular weight is 767 g/mol. The molecule has 0 saturated carbocycles. The summed E-state index contributed by atoms with van der Waals surface area (Å²) in [6.07, 6.45) is -0.0569. The number of nitrogens with two attached hydrogens (primary N) is 1. The monoisotopic (exact) mass is 766 g/mol. The van der Waals surface area contributed by atoms with Gasteiger partial charge in [-0.1, -0.05) is 47.6 Å². The second kappa shape index (κ2) is 22.0. The number of primary amides is 1. The molecule has 2 aliphatic heterocycles. The molecule has 0 spiro atoms. The summed E-state index contributed by atoms with van der Waals surface area (Å²) in [6, 6.07) is 5.42. The van der Waals surface area contributed by atoms with Crippen molar-refractivity contribution >= 4 is 23.9 Å². The topological polar surface area (TPSA) is 181 Å². The molecule has 2 fully saturated rings. The Hall–Kier alpha value is -3.66. The first kappa shape index (κ1) is 44.7. The van der Waals surface area contributed by atoms with E-state index in [0.29, 0.717) is 50.4 Å². The summed E-state index contributed by atoms with van der Waals surface area (Å²) in [5, 5.41) is 0. The second-order valence-electron chi connectivity index (χ2n) is 15.3. The molecule has 3 rings (SSSR count). The number of carbonyl (C=O) groups is 4. The molecule has 2 heterocycles. The second-order valence-corrected chi connectivity index (χ2v) is 15.3. The van der Waals surface area contributed by atoms with Crippen LogP contribution >= 0.6 is 0 Å². The van der Waals surface area contributed by atoms with E-state index in [0.717, 1.165) is 12.0 Å². The van der Waals surface area contributed by atoms with Gasteiger partial charge in [0.25, 0.3) is 0 Å². The van der Waals surface area contributed by atoms with Crippen LogP contribution in [0.5, 0.6) is 11.5 Å². The van der Waals surface area contributed by atoms with Gasteiger partial charge < -0.3 is 48.4 Å². The fourth-order valence-electron chi connectivity index (χ4n) is 6.51. The summed E-state index contributed by atoms with van der Waals surface area (Å²) in [5.41, 5.74) is 5.79. The van der Waals surface area contributed by atoms with Crippen molar-refractivity contribution in [2.75, 3.05) is 61.0 Å². The molecule has 2 saturated heterocycles. The molecule has 1 aromatic carbocycles. The van der Waals surface area contributed by atoms with Crippen LogP contribution in [0.4, 0.5) is 9.59 Å². The quantitative estimate of drug-likeness (QED) is 0.0891. The average Bonchev–Trinajstić information content (AvgIpc) is 3.53. The van der Waals surface area contributed by atoms with Gasteiger partial charge in [0.2, 0.25) is 12.7 Å². The molecular weight excluding hydrogens is 704 g/mol. The lowest BCUT2D eigenvalue weighted by atomic mass is 9.78. The lowest BCUT2D eigenvalue weighted by molar-refractivity contribution is -0.160. The number of Topliss-reactive ketones (excluding diaryl/α,β-unsaturated/α-hetero) is 1. The summed E-state index contributed by atoms with van der Waals surface area (Å²) in [5.74, 6) is 0.676. The van der Waals surface area contributed by atoms with Crippen LogP contribution in [0, 0.1) is 29.1 Å². The van der Waals surface area contributed by atoms with E-state index in [-0.39, 0.29) is 62.6 Å². The van der Waals surface area contributed by atoms with Crippen molar-refractivity contribution in [2.24, 2.45) is 34.8 Å². The van der Waals surface area contributed by atoms with E-state index in [9.17, 15) is 19.2 Å². The SMILES string of the molecule is COCCCOc1cc(C[C@@H](C[C@H]2[C@H](C[C@H](C(=O)CCC(C)(C)C(N)=O)C(C)C)OCN2C(=O)OCOC(=O)OC2COCOC2)C(C)C)ccc1OC. The molecule has 0 unspecified atom stereocenters. The molecule has 15 nitrogen and oxygen atoms in total. The van der Waals surface area contributed by atoms with Crippen molar-refractivity contribution in [3.05, 3.63) is 23.8 Å². The number of ketones is 1. The van der Waals surface area contributed by atoms with E-state index >= 15 is 0 Å². The minimum absolute atomic E-state index is 0.0139. The summed E-state index contributed by atoms with van der Waals surface area (Å²) < 4.78 is 48.8. The minimum atomic E-state index is -1.02. The summed E-state index contributed by atoms with van der Waals surface area (Å²) in [6.45, 7) is 12.5. The predicted molar refractivity (Wildman–Crippen MR) is 197 cm³/mol. The van der Waals surface area contributed by atoms with Gasteiger partial charge in [-0.15, -0.1) is 0 Å². The Kier molecular flexibility index (Phi) is 18.3. The smallest absolute Gasteiger partial charge is 0.493 e. The van der Waals surface area contributed by atoms with Crippen LogP contribution in [0.1, 0.15) is 79.2 Å². The number of benzene rings is 1. The van der Waals surface area contributed by atoms with Crippen LogP contribution in [0.3, 0.4) is 0 Å². The molecule has 0 aliphatic carbocycles. The van der Waals surface area contributed by atoms with E-state index < -0.39 is 48.6 Å². The molecule has 15 heteroatoms. The molecule has 0 radical (unpaired) electrons. The normalized spacial score (nSPS) is 19.0. The van der Waals surface area contributed by atoms with Gasteiger partial charge in [0.1, 0.15) is 19.3 Å². The summed E-state index contributed by atoms with van der Waals surface area (Å²) in [7, 11) is 3.25. The van der Waals surface area contributed by atoms with E-state index in [4.69, 9.17) is 48.4 Å². The van der Waals surface area contributed by atoms with E-state index in [2.05, 4.69) is 13.8 Å². The third-order valence-electron chi connectivity index (χ3n) is 10.2. The lowest BCUT2D eigenvalue weighted by Gasteiger charge is -2.33. The third kappa shape index (κ3) is 13.9. The van der Waals surface area contributed by atoms with Crippen LogP contribution in [0.25, 0.3) is 0 Å². The number of rotatable bonds is 22. The third-order valence-corrected chi connectivity index (χ3v) is 10.2. The molecule has 2 N–H and O–H groups in total. The van der Waals surface area contributed by atoms with E-state index in [1.165, 1.54) is 4.90 Å². The van der Waals surface area contributed by atoms with Crippen LogP contribution in [-0.2, 0) is 49.2 Å². The number of amides is 2. The van der Waals surface area contributed by atoms with Crippen LogP contribution < -0.4 is 15.2 Å². The zero-order valence-electron chi connectivity index (χ0n) is 33.3. The molecule has 1 aromatic rings. The highest BCUT2D eigenvalue weighted by molar-refractivity contribution is 5.84.